The Morgan fingerprint density at radius 2 is 2.38 bits per heavy atom. The van der Waals surface area contributed by atoms with Crippen LogP contribution in [0.5, 0.6) is 0 Å². The Hall–Kier alpha value is -0.830. The molecule has 1 aliphatic rings. The first-order valence-electron chi connectivity index (χ1n) is 4.98. The van der Waals surface area contributed by atoms with E-state index in [1.807, 2.05) is 17.9 Å². The summed E-state index contributed by atoms with van der Waals surface area (Å²) < 4.78 is 1.87. The molecule has 1 aromatic rings. The fraction of sp³-hybridized carbons (Fsp3) is 0.700. The second-order valence-corrected chi connectivity index (χ2v) is 4.06. The van der Waals surface area contributed by atoms with Gasteiger partial charge in [-0.2, -0.15) is 5.10 Å². The van der Waals surface area contributed by atoms with E-state index in [9.17, 15) is 0 Å². The van der Waals surface area contributed by atoms with E-state index in [1.54, 1.807) is 0 Å². The van der Waals surface area contributed by atoms with Crippen molar-refractivity contribution in [3.05, 3.63) is 18.0 Å². The Kier molecular flexibility index (Phi) is 2.36. The second-order valence-electron chi connectivity index (χ2n) is 4.06. The monoisotopic (exact) mass is 179 g/mol. The first-order valence-corrected chi connectivity index (χ1v) is 4.98. The highest BCUT2D eigenvalue weighted by Crippen LogP contribution is 2.23. The molecular weight excluding hydrogens is 162 g/mol. The highest BCUT2D eigenvalue weighted by molar-refractivity contribution is 5.06. The molecule has 0 unspecified atom stereocenters. The van der Waals surface area contributed by atoms with Crippen molar-refractivity contribution in [2.45, 2.75) is 25.8 Å². The van der Waals surface area contributed by atoms with Crippen LogP contribution in [0.2, 0.25) is 0 Å². The fourth-order valence-electron chi connectivity index (χ4n) is 1.87. The molecule has 0 spiro atoms. The van der Waals surface area contributed by atoms with Gasteiger partial charge in [0.2, 0.25) is 0 Å². The first-order chi connectivity index (χ1) is 6.25. The van der Waals surface area contributed by atoms with Gasteiger partial charge in [0.1, 0.15) is 0 Å². The molecule has 0 aliphatic carbocycles. The lowest BCUT2D eigenvalue weighted by atomic mass is 9.95. The van der Waals surface area contributed by atoms with Crippen molar-refractivity contribution in [1.29, 1.82) is 0 Å². The number of rotatable bonds is 1. The van der Waals surface area contributed by atoms with Gasteiger partial charge in [0.25, 0.3) is 0 Å². The average molecular weight is 179 g/mol. The number of nitrogens with zero attached hydrogens (tertiary/aromatic N) is 2. The van der Waals surface area contributed by atoms with E-state index in [0.717, 1.165) is 12.5 Å². The molecule has 0 aromatic carbocycles. The van der Waals surface area contributed by atoms with Crippen LogP contribution in [0.3, 0.4) is 0 Å². The Morgan fingerprint density at radius 3 is 2.92 bits per heavy atom. The van der Waals surface area contributed by atoms with Crippen LogP contribution in [0.15, 0.2) is 12.3 Å². The van der Waals surface area contributed by atoms with Gasteiger partial charge in [-0.25, -0.2) is 0 Å². The largest absolute Gasteiger partial charge is 0.308 e. The Balaban J connectivity index is 2.02. The summed E-state index contributed by atoms with van der Waals surface area (Å²) >= 11 is 0. The van der Waals surface area contributed by atoms with E-state index in [4.69, 9.17) is 0 Å². The smallest absolute Gasteiger partial charge is 0.0793 e. The molecule has 1 saturated heterocycles. The Bertz CT molecular complexity index is 271. The van der Waals surface area contributed by atoms with E-state index >= 15 is 0 Å². The number of piperidine rings is 1. The van der Waals surface area contributed by atoms with E-state index in [0.29, 0.717) is 6.04 Å². The van der Waals surface area contributed by atoms with E-state index in [2.05, 4.69) is 23.4 Å². The zero-order valence-corrected chi connectivity index (χ0v) is 8.33. The van der Waals surface area contributed by atoms with Crippen molar-refractivity contribution < 1.29 is 0 Å². The molecule has 3 heteroatoms. The van der Waals surface area contributed by atoms with Crippen LogP contribution < -0.4 is 5.32 Å². The van der Waals surface area contributed by atoms with Crippen LogP contribution >= 0.6 is 0 Å². The summed E-state index contributed by atoms with van der Waals surface area (Å²) in [6.45, 7) is 3.42. The molecule has 1 aromatic heterocycles. The van der Waals surface area contributed by atoms with Gasteiger partial charge in [-0.05, 0) is 31.4 Å². The molecule has 0 saturated carbocycles. The lowest BCUT2D eigenvalue weighted by Gasteiger charge is -2.26. The van der Waals surface area contributed by atoms with Gasteiger partial charge in [-0.1, -0.05) is 6.92 Å². The number of hydrogen-bond acceptors (Lipinski definition) is 2. The molecule has 3 nitrogen and oxygen atoms in total. The van der Waals surface area contributed by atoms with Gasteiger partial charge in [-0.3, -0.25) is 4.68 Å². The summed E-state index contributed by atoms with van der Waals surface area (Å²) in [5.41, 5.74) is 1.19. The third-order valence-corrected chi connectivity index (χ3v) is 2.75. The minimum absolute atomic E-state index is 0.484. The molecule has 72 valence electrons. The summed E-state index contributed by atoms with van der Waals surface area (Å²) in [6.07, 6.45) is 4.54. The highest BCUT2D eigenvalue weighted by atomic mass is 15.3. The molecule has 2 heterocycles. The second kappa shape index (κ2) is 3.50. The van der Waals surface area contributed by atoms with Crippen LogP contribution in [0.25, 0.3) is 0 Å². The minimum Gasteiger partial charge on any atom is -0.308 e. The van der Waals surface area contributed by atoms with E-state index in [1.165, 1.54) is 18.5 Å². The van der Waals surface area contributed by atoms with Gasteiger partial charge >= 0.3 is 0 Å². The quantitative estimate of drug-likeness (QED) is 0.707. The third-order valence-electron chi connectivity index (χ3n) is 2.75. The predicted molar refractivity (Wildman–Crippen MR) is 52.3 cm³/mol. The zero-order valence-electron chi connectivity index (χ0n) is 8.33. The van der Waals surface area contributed by atoms with Crippen molar-refractivity contribution in [2.75, 3.05) is 6.54 Å². The normalized spacial score (nSPS) is 29.1. The van der Waals surface area contributed by atoms with Gasteiger partial charge < -0.3 is 5.32 Å². The van der Waals surface area contributed by atoms with Crippen LogP contribution in [-0.2, 0) is 7.05 Å². The maximum absolute atomic E-state index is 4.41. The molecule has 0 amide bonds. The Morgan fingerprint density at radius 1 is 1.54 bits per heavy atom. The van der Waals surface area contributed by atoms with Gasteiger partial charge in [0.15, 0.2) is 0 Å². The van der Waals surface area contributed by atoms with E-state index in [-0.39, 0.29) is 0 Å². The fourth-order valence-corrected chi connectivity index (χ4v) is 1.87. The van der Waals surface area contributed by atoms with Crippen molar-refractivity contribution in [2.24, 2.45) is 13.0 Å². The SMILES string of the molecule is C[C@H]1CC[C@H](c2ccn(C)n2)NC1. The van der Waals surface area contributed by atoms with Crippen molar-refractivity contribution in [3.63, 3.8) is 0 Å². The first kappa shape index (κ1) is 8.75. The maximum Gasteiger partial charge on any atom is 0.0793 e. The molecular formula is C10H17N3. The molecule has 2 rings (SSSR count). The lowest BCUT2D eigenvalue weighted by molar-refractivity contribution is 0.327. The molecule has 0 bridgehead atoms. The number of aryl methyl sites for hydroxylation is 1. The number of aromatic nitrogens is 2. The van der Waals surface area contributed by atoms with Crippen molar-refractivity contribution >= 4 is 0 Å². The van der Waals surface area contributed by atoms with Gasteiger partial charge in [0.05, 0.1) is 11.7 Å². The molecule has 1 N–H and O–H groups in total. The van der Waals surface area contributed by atoms with Gasteiger partial charge in [-0.15, -0.1) is 0 Å². The maximum atomic E-state index is 4.41. The van der Waals surface area contributed by atoms with Crippen molar-refractivity contribution in [1.82, 2.24) is 15.1 Å². The van der Waals surface area contributed by atoms with Crippen molar-refractivity contribution in [3.8, 4) is 0 Å². The summed E-state index contributed by atoms with van der Waals surface area (Å²) in [6, 6.07) is 2.59. The minimum atomic E-state index is 0.484. The van der Waals surface area contributed by atoms with Crippen LogP contribution in [-0.4, -0.2) is 16.3 Å². The number of hydrogen-bond donors (Lipinski definition) is 1. The summed E-state index contributed by atoms with van der Waals surface area (Å²) in [7, 11) is 1.97. The lowest BCUT2D eigenvalue weighted by Crippen LogP contribution is -2.32. The number of nitrogens with one attached hydrogen (secondary N) is 1. The van der Waals surface area contributed by atoms with Crippen LogP contribution in [0.4, 0.5) is 0 Å². The molecule has 13 heavy (non-hydrogen) atoms. The van der Waals surface area contributed by atoms with Crippen LogP contribution in [0, 0.1) is 5.92 Å². The zero-order chi connectivity index (χ0) is 9.26. The van der Waals surface area contributed by atoms with Gasteiger partial charge in [0, 0.05) is 13.2 Å². The summed E-state index contributed by atoms with van der Waals surface area (Å²) in [4.78, 5) is 0. The summed E-state index contributed by atoms with van der Waals surface area (Å²) in [5.74, 6) is 0.819. The Labute approximate surface area is 79.1 Å². The van der Waals surface area contributed by atoms with E-state index < -0.39 is 0 Å². The summed E-state index contributed by atoms with van der Waals surface area (Å²) in [5, 5.41) is 7.94. The third kappa shape index (κ3) is 1.91. The molecule has 2 atom stereocenters. The molecule has 0 radical (unpaired) electrons. The topological polar surface area (TPSA) is 29.9 Å². The molecule has 1 aliphatic heterocycles. The van der Waals surface area contributed by atoms with Crippen LogP contribution in [0.1, 0.15) is 31.5 Å². The highest BCUT2D eigenvalue weighted by Gasteiger charge is 2.20. The standard InChI is InChI=1S/C10H17N3/c1-8-3-4-9(11-7-8)10-5-6-13(2)12-10/h5-6,8-9,11H,3-4,7H2,1-2H3/t8-,9+/m0/s1. The predicted octanol–water partition coefficient (Wildman–Crippen LogP) is 1.48. The molecule has 1 fully saturated rings. The average Bonchev–Trinajstić information content (AvgIpc) is 2.53.